The van der Waals surface area contributed by atoms with Gasteiger partial charge >= 0.3 is 0 Å². The maximum Gasteiger partial charge on any atom is 0.271 e. The molecule has 1 aliphatic rings. The molecule has 2 heterocycles. The zero-order chi connectivity index (χ0) is 17.6. The molecule has 2 N–H and O–H groups in total. The summed E-state index contributed by atoms with van der Waals surface area (Å²) in [5.74, 6) is -0.530. The summed E-state index contributed by atoms with van der Waals surface area (Å²) in [5, 5.41) is 9.87. The lowest BCUT2D eigenvalue weighted by Crippen LogP contribution is -2.39. The molecule has 1 saturated heterocycles. The van der Waals surface area contributed by atoms with Crippen LogP contribution in [0.1, 0.15) is 39.4 Å². The predicted molar refractivity (Wildman–Crippen MR) is 92.5 cm³/mol. The summed E-state index contributed by atoms with van der Waals surface area (Å²) in [6.45, 7) is 1.73. The van der Waals surface area contributed by atoms with Crippen molar-refractivity contribution in [2.24, 2.45) is 0 Å². The predicted octanol–water partition coefficient (Wildman–Crippen LogP) is 1.20. The molecule has 1 aliphatic heterocycles. The summed E-state index contributed by atoms with van der Waals surface area (Å²) in [7, 11) is 1.54. The third-order valence-corrected chi connectivity index (χ3v) is 4.20. The van der Waals surface area contributed by atoms with Gasteiger partial charge in [0.2, 0.25) is 0 Å². The largest absolute Gasteiger partial charge is 0.381 e. The van der Waals surface area contributed by atoms with E-state index in [9.17, 15) is 9.59 Å². The molecule has 1 aromatic carbocycles. The van der Waals surface area contributed by atoms with Crippen molar-refractivity contribution >= 4 is 11.8 Å². The first kappa shape index (κ1) is 17.2. The molecular formula is C18H22N4O3. The van der Waals surface area contributed by atoms with Crippen LogP contribution in [0.5, 0.6) is 0 Å². The van der Waals surface area contributed by atoms with Gasteiger partial charge in [-0.05, 0) is 18.4 Å². The highest BCUT2D eigenvalue weighted by atomic mass is 16.5. The summed E-state index contributed by atoms with van der Waals surface area (Å²) in [5.41, 5.74) is 1.62. The van der Waals surface area contributed by atoms with Crippen molar-refractivity contribution in [3.63, 3.8) is 0 Å². The molecule has 0 unspecified atom stereocenters. The van der Waals surface area contributed by atoms with E-state index in [0.717, 1.165) is 18.4 Å². The molecule has 132 valence electrons. The van der Waals surface area contributed by atoms with Crippen LogP contribution in [0.25, 0.3) is 0 Å². The van der Waals surface area contributed by atoms with Gasteiger partial charge in [0.15, 0.2) is 5.69 Å². The number of nitrogens with zero attached hydrogens (tertiary/aromatic N) is 2. The van der Waals surface area contributed by atoms with E-state index in [-0.39, 0.29) is 23.6 Å². The van der Waals surface area contributed by atoms with E-state index in [1.807, 2.05) is 30.3 Å². The molecule has 25 heavy (non-hydrogen) atoms. The number of carbonyl (C=O) groups is 2. The Hall–Kier alpha value is -2.67. The number of amides is 2. The summed E-state index contributed by atoms with van der Waals surface area (Å²) >= 11 is 0. The van der Waals surface area contributed by atoms with Gasteiger partial charge in [0, 0.05) is 32.4 Å². The Bertz CT molecular complexity index is 736. The molecule has 0 radical (unpaired) electrons. The topological polar surface area (TPSA) is 85.3 Å². The molecule has 3 rings (SSSR count). The Kier molecular flexibility index (Phi) is 5.45. The first-order valence-corrected chi connectivity index (χ1v) is 8.40. The Morgan fingerprint density at radius 3 is 2.60 bits per heavy atom. The maximum atomic E-state index is 12.7. The first-order valence-electron chi connectivity index (χ1n) is 8.40. The minimum Gasteiger partial charge on any atom is -0.381 e. The van der Waals surface area contributed by atoms with Crippen LogP contribution < -0.4 is 10.6 Å². The Balaban J connectivity index is 1.83. The standard InChI is InChI=1S/C18H22N4O3/c1-19-17(23)15-11-16(18(24)20-14-7-9-25-10-8-14)22(21-15)12-13-5-3-2-4-6-13/h2-6,11,14H,7-10,12H2,1H3,(H,19,23)(H,20,24). The zero-order valence-electron chi connectivity index (χ0n) is 14.2. The van der Waals surface area contributed by atoms with Crippen molar-refractivity contribution in [1.82, 2.24) is 20.4 Å². The third-order valence-electron chi connectivity index (χ3n) is 4.20. The highest BCUT2D eigenvalue weighted by Gasteiger charge is 2.22. The van der Waals surface area contributed by atoms with Gasteiger partial charge < -0.3 is 15.4 Å². The SMILES string of the molecule is CNC(=O)c1cc(C(=O)NC2CCOCC2)n(Cc2ccccc2)n1. The van der Waals surface area contributed by atoms with Crippen LogP contribution in [-0.2, 0) is 11.3 Å². The van der Waals surface area contributed by atoms with Crippen molar-refractivity contribution in [1.29, 1.82) is 0 Å². The number of nitrogens with one attached hydrogen (secondary N) is 2. The van der Waals surface area contributed by atoms with Gasteiger partial charge in [0.1, 0.15) is 5.69 Å². The van der Waals surface area contributed by atoms with E-state index in [1.54, 1.807) is 11.7 Å². The normalized spacial score (nSPS) is 14.9. The van der Waals surface area contributed by atoms with Gasteiger partial charge in [-0.2, -0.15) is 5.10 Å². The van der Waals surface area contributed by atoms with Crippen LogP contribution in [0.15, 0.2) is 36.4 Å². The molecule has 0 aliphatic carbocycles. The molecule has 0 bridgehead atoms. The van der Waals surface area contributed by atoms with Crippen LogP contribution in [0.4, 0.5) is 0 Å². The molecule has 0 spiro atoms. The number of hydrogen-bond acceptors (Lipinski definition) is 4. The third kappa shape index (κ3) is 4.24. The van der Waals surface area contributed by atoms with Gasteiger partial charge in [0.05, 0.1) is 6.54 Å². The zero-order valence-corrected chi connectivity index (χ0v) is 14.2. The minimum absolute atomic E-state index is 0.0878. The Morgan fingerprint density at radius 1 is 1.20 bits per heavy atom. The lowest BCUT2D eigenvalue weighted by molar-refractivity contribution is 0.0691. The van der Waals surface area contributed by atoms with Crippen molar-refractivity contribution < 1.29 is 14.3 Å². The fourth-order valence-corrected chi connectivity index (χ4v) is 2.82. The van der Waals surface area contributed by atoms with Crippen molar-refractivity contribution in [2.75, 3.05) is 20.3 Å². The molecule has 1 fully saturated rings. The molecule has 7 heteroatoms. The second kappa shape index (κ2) is 7.94. The monoisotopic (exact) mass is 342 g/mol. The van der Waals surface area contributed by atoms with Crippen LogP contribution in [-0.4, -0.2) is 47.9 Å². The smallest absolute Gasteiger partial charge is 0.271 e. The summed E-state index contributed by atoms with van der Waals surface area (Å²) in [6, 6.07) is 11.3. The van der Waals surface area contributed by atoms with E-state index in [1.165, 1.54) is 6.07 Å². The maximum absolute atomic E-state index is 12.7. The van der Waals surface area contributed by atoms with Crippen molar-refractivity contribution in [3.05, 3.63) is 53.3 Å². The molecule has 2 aromatic rings. The van der Waals surface area contributed by atoms with Gasteiger partial charge in [0.25, 0.3) is 11.8 Å². The van der Waals surface area contributed by atoms with Crippen molar-refractivity contribution in [3.8, 4) is 0 Å². The highest BCUT2D eigenvalue weighted by Crippen LogP contribution is 2.12. The molecular weight excluding hydrogens is 320 g/mol. The number of aromatic nitrogens is 2. The lowest BCUT2D eigenvalue weighted by Gasteiger charge is -2.23. The number of benzene rings is 1. The lowest BCUT2D eigenvalue weighted by atomic mass is 10.1. The summed E-state index contributed by atoms with van der Waals surface area (Å²) in [4.78, 5) is 24.6. The first-order chi connectivity index (χ1) is 12.2. The average molecular weight is 342 g/mol. The number of hydrogen-bond donors (Lipinski definition) is 2. The van der Waals surface area contributed by atoms with Crippen LogP contribution >= 0.6 is 0 Å². The summed E-state index contributed by atoms with van der Waals surface area (Å²) < 4.78 is 6.90. The van der Waals surface area contributed by atoms with Crippen LogP contribution in [0.3, 0.4) is 0 Å². The van der Waals surface area contributed by atoms with E-state index >= 15 is 0 Å². The Morgan fingerprint density at radius 2 is 1.92 bits per heavy atom. The fourth-order valence-electron chi connectivity index (χ4n) is 2.82. The minimum atomic E-state index is -0.313. The number of rotatable bonds is 5. The number of ether oxygens (including phenoxy) is 1. The second-order valence-corrected chi connectivity index (χ2v) is 6.00. The number of carbonyl (C=O) groups excluding carboxylic acids is 2. The van der Waals surface area contributed by atoms with Gasteiger partial charge in [-0.15, -0.1) is 0 Å². The van der Waals surface area contributed by atoms with E-state index < -0.39 is 0 Å². The molecule has 1 aromatic heterocycles. The second-order valence-electron chi connectivity index (χ2n) is 6.00. The van der Waals surface area contributed by atoms with Crippen LogP contribution in [0, 0.1) is 0 Å². The molecule has 2 amide bonds. The molecule has 7 nitrogen and oxygen atoms in total. The van der Waals surface area contributed by atoms with E-state index in [4.69, 9.17) is 4.74 Å². The van der Waals surface area contributed by atoms with E-state index in [0.29, 0.717) is 25.5 Å². The van der Waals surface area contributed by atoms with Gasteiger partial charge in [-0.1, -0.05) is 30.3 Å². The quantitative estimate of drug-likeness (QED) is 0.855. The molecule has 0 atom stereocenters. The highest BCUT2D eigenvalue weighted by molar-refractivity contribution is 5.97. The van der Waals surface area contributed by atoms with E-state index in [2.05, 4.69) is 15.7 Å². The van der Waals surface area contributed by atoms with Crippen molar-refractivity contribution in [2.45, 2.75) is 25.4 Å². The van der Waals surface area contributed by atoms with Gasteiger partial charge in [-0.25, -0.2) is 0 Å². The fraction of sp³-hybridized carbons (Fsp3) is 0.389. The van der Waals surface area contributed by atoms with Gasteiger partial charge in [-0.3, -0.25) is 14.3 Å². The van der Waals surface area contributed by atoms with Crippen LogP contribution in [0.2, 0.25) is 0 Å². The average Bonchev–Trinajstić information content (AvgIpc) is 3.06. The summed E-state index contributed by atoms with van der Waals surface area (Å²) in [6.07, 6.45) is 1.59. The molecule has 0 saturated carbocycles. The Labute approximate surface area is 146 Å².